The van der Waals surface area contributed by atoms with Gasteiger partial charge >= 0.3 is 0 Å². The molecular formula is C17H14ClN5O2S. The van der Waals surface area contributed by atoms with Gasteiger partial charge in [0.05, 0.1) is 16.0 Å². The second-order valence-corrected chi connectivity index (χ2v) is 7.48. The molecule has 0 atom stereocenters. The molecule has 0 radical (unpaired) electrons. The predicted molar refractivity (Wildman–Crippen MR) is 103 cm³/mol. The van der Waals surface area contributed by atoms with Gasteiger partial charge in [-0.3, -0.25) is 15.5 Å². The fraction of sp³-hybridized carbons (Fsp3) is 0.235. The summed E-state index contributed by atoms with van der Waals surface area (Å²) in [6.07, 6.45) is 4.80. The van der Waals surface area contributed by atoms with Crippen LogP contribution in [-0.4, -0.2) is 20.6 Å². The Balaban J connectivity index is 1.67. The molecule has 3 aromatic rings. The second-order valence-electron chi connectivity index (χ2n) is 5.99. The summed E-state index contributed by atoms with van der Waals surface area (Å²) in [5.74, 6) is 0.664. The van der Waals surface area contributed by atoms with Crippen LogP contribution in [0.2, 0.25) is 5.02 Å². The van der Waals surface area contributed by atoms with Crippen molar-refractivity contribution < 1.29 is 4.92 Å². The minimum absolute atomic E-state index is 0.103. The molecule has 0 saturated carbocycles. The highest BCUT2D eigenvalue weighted by atomic mass is 35.5. The molecule has 26 heavy (non-hydrogen) atoms. The van der Waals surface area contributed by atoms with Crippen LogP contribution in [0.15, 0.2) is 29.6 Å². The van der Waals surface area contributed by atoms with Gasteiger partial charge in [0, 0.05) is 16.5 Å². The summed E-state index contributed by atoms with van der Waals surface area (Å²) < 4.78 is 0. The lowest BCUT2D eigenvalue weighted by atomic mass is 10.1. The molecule has 2 aromatic heterocycles. The second kappa shape index (κ2) is 6.62. The van der Waals surface area contributed by atoms with Crippen LogP contribution in [0.3, 0.4) is 0 Å². The van der Waals surface area contributed by atoms with Crippen molar-refractivity contribution in [1.82, 2.24) is 9.97 Å². The van der Waals surface area contributed by atoms with Gasteiger partial charge in [0.2, 0.25) is 0 Å². The molecule has 0 fully saturated rings. The van der Waals surface area contributed by atoms with E-state index in [-0.39, 0.29) is 10.7 Å². The number of anilines is 1. The summed E-state index contributed by atoms with van der Waals surface area (Å²) in [4.78, 5) is 21.6. The number of nitro benzene ring substituents is 1. The molecule has 0 unspecified atom stereocenters. The van der Waals surface area contributed by atoms with E-state index in [1.165, 1.54) is 28.9 Å². The largest absolute Gasteiger partial charge is 0.288 e. The van der Waals surface area contributed by atoms with Gasteiger partial charge in [-0.2, -0.15) is 5.10 Å². The topological polar surface area (TPSA) is 93.3 Å². The van der Waals surface area contributed by atoms with Crippen molar-refractivity contribution in [2.24, 2.45) is 5.10 Å². The maximum Gasteiger partial charge on any atom is 0.288 e. The third-order valence-corrected chi connectivity index (χ3v) is 5.91. The van der Waals surface area contributed by atoms with Crippen LogP contribution in [0, 0.1) is 10.1 Å². The molecule has 4 rings (SSSR count). The number of halogens is 1. The van der Waals surface area contributed by atoms with Gasteiger partial charge in [0.25, 0.3) is 5.69 Å². The van der Waals surface area contributed by atoms with Gasteiger partial charge in [0.15, 0.2) is 5.82 Å². The summed E-state index contributed by atoms with van der Waals surface area (Å²) in [6.45, 7) is 1.77. The lowest BCUT2D eigenvalue weighted by Crippen LogP contribution is -2.02. The van der Waals surface area contributed by atoms with Crippen molar-refractivity contribution in [2.75, 3.05) is 5.43 Å². The lowest BCUT2D eigenvalue weighted by Gasteiger charge is -2.06. The molecule has 1 N–H and O–H groups in total. The van der Waals surface area contributed by atoms with Gasteiger partial charge in [0.1, 0.15) is 16.2 Å². The number of fused-ring (bicyclic) bond motifs is 3. The summed E-state index contributed by atoms with van der Waals surface area (Å²) in [5, 5.41) is 16.6. The molecule has 7 nitrogen and oxygen atoms in total. The van der Waals surface area contributed by atoms with E-state index < -0.39 is 4.92 Å². The molecule has 9 heteroatoms. The number of benzene rings is 1. The fourth-order valence-electron chi connectivity index (χ4n) is 3.09. The minimum Gasteiger partial charge on any atom is -0.260 e. The Bertz CT molecular complexity index is 1060. The molecule has 1 aliphatic rings. The summed E-state index contributed by atoms with van der Waals surface area (Å²) in [6, 6.07) is 4.62. The number of rotatable bonds is 4. The maximum atomic E-state index is 11.1. The zero-order valence-electron chi connectivity index (χ0n) is 13.8. The molecule has 1 aromatic carbocycles. The van der Waals surface area contributed by atoms with E-state index in [1.807, 2.05) is 0 Å². The number of thiophene rings is 1. The lowest BCUT2D eigenvalue weighted by molar-refractivity contribution is -0.384. The van der Waals surface area contributed by atoms with Gasteiger partial charge in [-0.1, -0.05) is 17.7 Å². The maximum absolute atomic E-state index is 11.1. The van der Waals surface area contributed by atoms with Crippen LogP contribution in [0.25, 0.3) is 10.2 Å². The van der Waals surface area contributed by atoms with Crippen molar-refractivity contribution >= 4 is 50.4 Å². The van der Waals surface area contributed by atoms with Crippen LogP contribution < -0.4 is 5.43 Å². The van der Waals surface area contributed by atoms with Crippen LogP contribution in [0.5, 0.6) is 0 Å². The number of hydrogen-bond donors (Lipinski definition) is 1. The average molecular weight is 388 g/mol. The van der Waals surface area contributed by atoms with E-state index in [1.54, 1.807) is 24.3 Å². The predicted octanol–water partition coefficient (Wildman–Crippen LogP) is 4.58. The Morgan fingerprint density at radius 2 is 2.23 bits per heavy atom. The molecule has 1 aliphatic carbocycles. The molecule has 0 bridgehead atoms. The van der Waals surface area contributed by atoms with Crippen molar-refractivity contribution in [3.63, 3.8) is 0 Å². The van der Waals surface area contributed by atoms with Gasteiger partial charge in [-0.05, 0) is 37.8 Å². The Labute approximate surface area is 157 Å². The molecule has 0 saturated heterocycles. The van der Waals surface area contributed by atoms with Gasteiger partial charge in [-0.15, -0.1) is 11.3 Å². The molecule has 132 valence electrons. The molecule has 0 amide bonds. The van der Waals surface area contributed by atoms with Crippen LogP contribution >= 0.6 is 22.9 Å². The average Bonchev–Trinajstić information content (AvgIpc) is 3.20. The van der Waals surface area contributed by atoms with E-state index >= 15 is 0 Å². The van der Waals surface area contributed by atoms with Crippen molar-refractivity contribution in [3.05, 3.63) is 55.7 Å². The highest BCUT2D eigenvalue weighted by molar-refractivity contribution is 7.19. The minimum atomic E-state index is -0.505. The SMILES string of the molecule is C/C(=N/Nc1ncnc2sc3c(c12)CCC3)c1ccc(Cl)c([N+](=O)[O-])c1. The third kappa shape index (κ3) is 2.91. The van der Waals surface area contributed by atoms with Crippen molar-refractivity contribution in [2.45, 2.75) is 26.2 Å². The number of aromatic nitrogens is 2. The van der Waals surface area contributed by atoms with Crippen molar-refractivity contribution in [1.29, 1.82) is 0 Å². The fourth-order valence-corrected chi connectivity index (χ4v) is 4.51. The highest BCUT2D eigenvalue weighted by Gasteiger charge is 2.21. The van der Waals surface area contributed by atoms with E-state index in [2.05, 4.69) is 20.5 Å². The molecule has 2 heterocycles. The Kier molecular flexibility index (Phi) is 4.29. The number of hydrogen-bond acceptors (Lipinski definition) is 7. The number of aryl methyl sites for hydroxylation is 2. The summed E-state index contributed by atoms with van der Waals surface area (Å²) in [5.41, 5.74) is 5.39. The summed E-state index contributed by atoms with van der Waals surface area (Å²) in [7, 11) is 0. The van der Waals surface area contributed by atoms with Crippen LogP contribution in [0.4, 0.5) is 11.5 Å². The summed E-state index contributed by atoms with van der Waals surface area (Å²) >= 11 is 7.57. The zero-order chi connectivity index (χ0) is 18.3. The third-order valence-electron chi connectivity index (χ3n) is 4.39. The Morgan fingerprint density at radius 3 is 3.04 bits per heavy atom. The Hall–Kier alpha value is -2.58. The zero-order valence-corrected chi connectivity index (χ0v) is 15.4. The van der Waals surface area contributed by atoms with Crippen LogP contribution in [-0.2, 0) is 12.8 Å². The van der Waals surface area contributed by atoms with E-state index in [9.17, 15) is 10.1 Å². The van der Waals surface area contributed by atoms with Crippen molar-refractivity contribution in [3.8, 4) is 0 Å². The van der Waals surface area contributed by atoms with E-state index in [0.717, 1.165) is 29.5 Å². The number of nitrogens with one attached hydrogen (secondary N) is 1. The van der Waals surface area contributed by atoms with Crippen LogP contribution in [0.1, 0.15) is 29.3 Å². The first-order valence-corrected chi connectivity index (χ1v) is 9.24. The van der Waals surface area contributed by atoms with E-state index in [4.69, 9.17) is 11.6 Å². The van der Waals surface area contributed by atoms with E-state index in [0.29, 0.717) is 17.1 Å². The smallest absolute Gasteiger partial charge is 0.260 e. The number of hydrazone groups is 1. The first-order valence-electron chi connectivity index (χ1n) is 8.04. The Morgan fingerprint density at radius 1 is 1.38 bits per heavy atom. The number of nitro groups is 1. The standard InChI is InChI=1S/C17H14ClN5O2S/c1-9(10-5-6-12(18)13(7-10)23(24)25)21-22-16-15-11-3-2-4-14(11)26-17(15)20-8-19-16/h5-8H,2-4H2,1H3,(H,19,20,22)/b21-9-. The molecule has 0 aliphatic heterocycles. The monoisotopic (exact) mass is 387 g/mol. The molecular weight excluding hydrogens is 374 g/mol. The first-order chi connectivity index (χ1) is 12.5. The first kappa shape index (κ1) is 16.9. The molecule has 0 spiro atoms. The number of nitrogens with zero attached hydrogens (tertiary/aromatic N) is 4. The quantitative estimate of drug-likeness (QED) is 0.402. The van der Waals surface area contributed by atoms with Gasteiger partial charge < -0.3 is 0 Å². The highest BCUT2D eigenvalue weighted by Crippen LogP contribution is 2.39. The van der Waals surface area contributed by atoms with Gasteiger partial charge in [-0.25, -0.2) is 9.97 Å². The normalized spacial score (nSPS) is 13.8.